The Kier molecular flexibility index (Phi) is 5.26. The fourth-order valence-electron chi connectivity index (χ4n) is 2.63. The Bertz CT molecular complexity index is 232. The van der Waals surface area contributed by atoms with Crippen molar-refractivity contribution in [3.8, 4) is 0 Å². The van der Waals surface area contributed by atoms with E-state index in [2.05, 4.69) is 10.6 Å². The van der Waals surface area contributed by atoms with Gasteiger partial charge in [-0.25, -0.2) is 0 Å². The van der Waals surface area contributed by atoms with E-state index in [9.17, 15) is 4.79 Å². The summed E-state index contributed by atoms with van der Waals surface area (Å²) in [6.45, 7) is 2.92. The number of nitrogens with one attached hydrogen (secondary N) is 2. The summed E-state index contributed by atoms with van der Waals surface area (Å²) in [5, 5.41) is 6.50. The average Bonchev–Trinajstić information content (AvgIpc) is 2.59. The van der Waals surface area contributed by atoms with E-state index < -0.39 is 0 Å². The number of hydrogen-bond donors (Lipinski definition) is 2. The zero-order valence-electron chi connectivity index (χ0n) is 10.5. The molecule has 4 nitrogen and oxygen atoms in total. The van der Waals surface area contributed by atoms with Crippen LogP contribution in [0, 0.1) is 0 Å². The number of rotatable bonds is 3. The van der Waals surface area contributed by atoms with Gasteiger partial charge in [0.2, 0.25) is 5.91 Å². The predicted molar refractivity (Wildman–Crippen MR) is 66.9 cm³/mol. The van der Waals surface area contributed by atoms with E-state index in [0.717, 1.165) is 51.8 Å². The highest BCUT2D eigenvalue weighted by Crippen LogP contribution is 2.15. The molecule has 98 valence electrons. The van der Waals surface area contributed by atoms with Crippen LogP contribution in [0.4, 0.5) is 0 Å². The van der Waals surface area contributed by atoms with E-state index in [1.165, 1.54) is 6.42 Å². The minimum Gasteiger partial charge on any atom is -0.378 e. The molecule has 2 heterocycles. The van der Waals surface area contributed by atoms with Crippen molar-refractivity contribution in [1.82, 2.24) is 10.6 Å². The molecule has 2 fully saturated rings. The van der Waals surface area contributed by atoms with Crippen LogP contribution in [0.2, 0.25) is 0 Å². The molecule has 2 unspecified atom stereocenters. The summed E-state index contributed by atoms with van der Waals surface area (Å²) in [6.07, 6.45) is 7.40. The lowest BCUT2D eigenvalue weighted by molar-refractivity contribution is -0.125. The van der Waals surface area contributed by atoms with E-state index in [4.69, 9.17) is 4.74 Å². The Labute approximate surface area is 103 Å². The first-order chi connectivity index (χ1) is 8.34. The van der Waals surface area contributed by atoms with Crippen LogP contribution in [0.1, 0.15) is 44.9 Å². The highest BCUT2D eigenvalue weighted by atomic mass is 16.5. The van der Waals surface area contributed by atoms with Crippen molar-refractivity contribution in [2.75, 3.05) is 19.7 Å². The van der Waals surface area contributed by atoms with Gasteiger partial charge in [-0.2, -0.15) is 0 Å². The molecule has 17 heavy (non-hydrogen) atoms. The lowest BCUT2D eigenvalue weighted by Gasteiger charge is -2.23. The van der Waals surface area contributed by atoms with Crippen LogP contribution in [0.15, 0.2) is 0 Å². The van der Waals surface area contributed by atoms with E-state index in [0.29, 0.717) is 12.5 Å². The normalized spacial score (nSPS) is 30.6. The Morgan fingerprint density at radius 2 is 2.12 bits per heavy atom. The summed E-state index contributed by atoms with van der Waals surface area (Å²) < 4.78 is 5.59. The third-order valence-electron chi connectivity index (χ3n) is 3.63. The van der Waals surface area contributed by atoms with Gasteiger partial charge in [-0.05, 0) is 51.6 Å². The molecule has 0 radical (unpaired) electrons. The first kappa shape index (κ1) is 12.8. The molecular formula is C13H24N2O2. The molecule has 0 aromatic carbocycles. The molecule has 4 heteroatoms. The number of ether oxygens (including phenoxy) is 1. The van der Waals surface area contributed by atoms with Gasteiger partial charge in [-0.15, -0.1) is 0 Å². The lowest BCUT2D eigenvalue weighted by atomic mass is 10.0. The van der Waals surface area contributed by atoms with Gasteiger partial charge < -0.3 is 15.4 Å². The quantitative estimate of drug-likeness (QED) is 0.779. The molecule has 2 aliphatic rings. The fraction of sp³-hybridized carbons (Fsp3) is 0.923. The molecule has 2 rings (SSSR count). The van der Waals surface area contributed by atoms with Crippen molar-refractivity contribution in [1.29, 1.82) is 0 Å². The maximum Gasteiger partial charge on any atom is 0.222 e. The molecule has 0 spiro atoms. The van der Waals surface area contributed by atoms with Crippen molar-refractivity contribution in [2.45, 2.75) is 57.1 Å². The Balaban J connectivity index is 1.68. The van der Waals surface area contributed by atoms with Crippen LogP contribution in [0.3, 0.4) is 0 Å². The van der Waals surface area contributed by atoms with Crippen LogP contribution in [-0.2, 0) is 9.53 Å². The van der Waals surface area contributed by atoms with Crippen LogP contribution >= 0.6 is 0 Å². The Morgan fingerprint density at radius 3 is 2.94 bits per heavy atom. The van der Waals surface area contributed by atoms with E-state index in [-0.39, 0.29) is 12.0 Å². The highest BCUT2D eigenvalue weighted by molar-refractivity contribution is 5.76. The first-order valence-corrected chi connectivity index (χ1v) is 6.96. The molecule has 1 amide bonds. The van der Waals surface area contributed by atoms with Gasteiger partial charge in [0.25, 0.3) is 0 Å². The molecular weight excluding hydrogens is 216 g/mol. The minimum absolute atomic E-state index is 0.160. The van der Waals surface area contributed by atoms with Crippen LogP contribution in [-0.4, -0.2) is 37.7 Å². The molecule has 0 bridgehead atoms. The second-order valence-corrected chi connectivity index (χ2v) is 5.14. The molecule has 0 aromatic heterocycles. The van der Waals surface area contributed by atoms with Crippen molar-refractivity contribution in [3.05, 3.63) is 0 Å². The summed E-state index contributed by atoms with van der Waals surface area (Å²) in [5.74, 6) is 0.170. The van der Waals surface area contributed by atoms with Gasteiger partial charge in [-0.1, -0.05) is 0 Å². The number of carbonyl (C=O) groups is 1. The monoisotopic (exact) mass is 240 g/mol. The Morgan fingerprint density at radius 1 is 1.18 bits per heavy atom. The van der Waals surface area contributed by atoms with Gasteiger partial charge in [0.1, 0.15) is 0 Å². The second kappa shape index (κ2) is 6.97. The largest absolute Gasteiger partial charge is 0.378 e. The van der Waals surface area contributed by atoms with Gasteiger partial charge >= 0.3 is 0 Å². The maximum absolute atomic E-state index is 11.9. The SMILES string of the molecule is O=C(CC1CCCCO1)NC1CCCNCC1. The van der Waals surface area contributed by atoms with Crippen molar-refractivity contribution in [2.24, 2.45) is 0 Å². The highest BCUT2D eigenvalue weighted by Gasteiger charge is 2.20. The third kappa shape index (κ3) is 4.64. The molecule has 2 aliphatic heterocycles. The maximum atomic E-state index is 11.9. The zero-order valence-corrected chi connectivity index (χ0v) is 10.5. The molecule has 2 saturated heterocycles. The number of hydrogen-bond acceptors (Lipinski definition) is 3. The van der Waals surface area contributed by atoms with Crippen molar-refractivity contribution < 1.29 is 9.53 Å². The lowest BCUT2D eigenvalue weighted by Crippen LogP contribution is -2.38. The number of carbonyl (C=O) groups excluding carboxylic acids is 1. The van der Waals surface area contributed by atoms with Gasteiger partial charge in [-0.3, -0.25) is 4.79 Å². The summed E-state index contributed by atoms with van der Waals surface area (Å²) in [7, 11) is 0. The Hall–Kier alpha value is -0.610. The predicted octanol–water partition coefficient (Wildman–Crippen LogP) is 1.20. The summed E-state index contributed by atoms with van der Waals surface area (Å²) >= 11 is 0. The molecule has 0 aliphatic carbocycles. The van der Waals surface area contributed by atoms with Gasteiger partial charge in [0, 0.05) is 12.6 Å². The van der Waals surface area contributed by atoms with Gasteiger partial charge in [0.05, 0.1) is 12.5 Å². The molecule has 2 N–H and O–H groups in total. The minimum atomic E-state index is 0.160. The third-order valence-corrected chi connectivity index (χ3v) is 3.63. The second-order valence-electron chi connectivity index (χ2n) is 5.14. The summed E-state index contributed by atoms with van der Waals surface area (Å²) in [5.41, 5.74) is 0. The zero-order chi connectivity index (χ0) is 11.9. The standard InChI is InChI=1S/C13H24N2O2/c16-13(10-12-5-1-2-9-17-12)15-11-4-3-7-14-8-6-11/h11-12,14H,1-10H2,(H,15,16). The summed E-state index contributed by atoms with van der Waals surface area (Å²) in [4.78, 5) is 11.9. The van der Waals surface area contributed by atoms with Crippen LogP contribution < -0.4 is 10.6 Å². The summed E-state index contributed by atoms with van der Waals surface area (Å²) in [6, 6.07) is 0.362. The molecule has 0 aromatic rings. The van der Waals surface area contributed by atoms with Crippen LogP contribution in [0.25, 0.3) is 0 Å². The molecule has 0 saturated carbocycles. The number of amides is 1. The first-order valence-electron chi connectivity index (χ1n) is 6.96. The average molecular weight is 240 g/mol. The van der Waals surface area contributed by atoms with Crippen LogP contribution in [0.5, 0.6) is 0 Å². The van der Waals surface area contributed by atoms with Crippen molar-refractivity contribution >= 4 is 5.91 Å². The van der Waals surface area contributed by atoms with E-state index in [1.54, 1.807) is 0 Å². The smallest absolute Gasteiger partial charge is 0.222 e. The van der Waals surface area contributed by atoms with Gasteiger partial charge in [0.15, 0.2) is 0 Å². The molecule has 2 atom stereocenters. The topological polar surface area (TPSA) is 50.4 Å². The fourth-order valence-corrected chi connectivity index (χ4v) is 2.63. The van der Waals surface area contributed by atoms with E-state index in [1.807, 2.05) is 0 Å². The van der Waals surface area contributed by atoms with Crippen molar-refractivity contribution in [3.63, 3.8) is 0 Å². The van der Waals surface area contributed by atoms with E-state index >= 15 is 0 Å².